The third-order valence-electron chi connectivity index (χ3n) is 4.70. The Kier molecular flexibility index (Phi) is 6.26. The molecule has 1 N–H and O–H groups in total. The quantitative estimate of drug-likeness (QED) is 0.370. The SMILES string of the molecule is COc1cc(-c2nnc(CSc3nc4c(OC)ccc(OC)c4[nH]3)o2)cc(OC)c1OC. The summed E-state index contributed by atoms with van der Waals surface area (Å²) in [6.07, 6.45) is 0. The van der Waals surface area contributed by atoms with Gasteiger partial charge in [-0.15, -0.1) is 10.2 Å². The molecule has 0 fully saturated rings. The first kappa shape index (κ1) is 21.6. The molecule has 11 heteroatoms. The van der Waals surface area contributed by atoms with Crippen LogP contribution >= 0.6 is 11.8 Å². The number of rotatable bonds is 9. The largest absolute Gasteiger partial charge is 0.494 e. The van der Waals surface area contributed by atoms with Crippen LogP contribution in [0.15, 0.2) is 33.8 Å². The van der Waals surface area contributed by atoms with E-state index in [-0.39, 0.29) is 0 Å². The van der Waals surface area contributed by atoms with Gasteiger partial charge in [-0.2, -0.15) is 0 Å². The number of nitrogens with zero attached hydrogens (tertiary/aromatic N) is 3. The second-order valence-electron chi connectivity index (χ2n) is 6.44. The number of H-pyrrole nitrogens is 1. The van der Waals surface area contributed by atoms with E-state index < -0.39 is 0 Å². The van der Waals surface area contributed by atoms with E-state index in [0.29, 0.717) is 62.5 Å². The lowest BCUT2D eigenvalue weighted by Crippen LogP contribution is -1.95. The topological polar surface area (TPSA) is 114 Å². The lowest BCUT2D eigenvalue weighted by molar-refractivity contribution is 0.324. The van der Waals surface area contributed by atoms with Crippen molar-refractivity contribution in [3.63, 3.8) is 0 Å². The van der Waals surface area contributed by atoms with Crippen molar-refractivity contribution < 1.29 is 28.1 Å². The Balaban J connectivity index is 1.56. The molecular formula is C21H22N4O6S. The van der Waals surface area contributed by atoms with Gasteiger partial charge in [0.2, 0.25) is 17.5 Å². The van der Waals surface area contributed by atoms with E-state index in [0.717, 1.165) is 5.52 Å². The van der Waals surface area contributed by atoms with Gasteiger partial charge in [-0.25, -0.2) is 4.98 Å². The molecule has 168 valence electrons. The predicted molar refractivity (Wildman–Crippen MR) is 118 cm³/mol. The highest BCUT2D eigenvalue weighted by Gasteiger charge is 2.18. The van der Waals surface area contributed by atoms with Crippen molar-refractivity contribution in [2.24, 2.45) is 0 Å². The normalized spacial score (nSPS) is 10.9. The number of aromatic amines is 1. The fraction of sp³-hybridized carbons (Fsp3) is 0.286. The Hall–Kier alpha value is -3.60. The van der Waals surface area contributed by atoms with Gasteiger partial charge in [-0.3, -0.25) is 0 Å². The molecule has 0 bridgehead atoms. The van der Waals surface area contributed by atoms with Crippen molar-refractivity contribution in [2.75, 3.05) is 35.5 Å². The standard InChI is InChI=1S/C21H22N4O6S/c1-26-12-6-7-13(27-2)18-17(12)22-21(23-18)32-10-16-24-25-20(31-16)11-8-14(28-3)19(30-5)15(9-11)29-4/h6-9H,10H2,1-5H3,(H,22,23). The van der Waals surface area contributed by atoms with Gasteiger partial charge in [-0.1, -0.05) is 11.8 Å². The Morgan fingerprint density at radius 3 is 2.12 bits per heavy atom. The summed E-state index contributed by atoms with van der Waals surface area (Å²) in [7, 11) is 7.86. The molecule has 0 amide bonds. The van der Waals surface area contributed by atoms with Gasteiger partial charge >= 0.3 is 0 Å². The lowest BCUT2D eigenvalue weighted by Gasteiger charge is -2.12. The van der Waals surface area contributed by atoms with Gasteiger partial charge in [0.15, 0.2) is 16.7 Å². The molecule has 0 unspecified atom stereocenters. The van der Waals surface area contributed by atoms with Crippen LogP contribution in [0.1, 0.15) is 5.89 Å². The first-order valence-corrected chi connectivity index (χ1v) is 10.5. The zero-order valence-corrected chi connectivity index (χ0v) is 19.0. The molecule has 4 rings (SSSR count). The van der Waals surface area contributed by atoms with Crippen LogP contribution in [0.25, 0.3) is 22.5 Å². The van der Waals surface area contributed by atoms with Crippen LogP contribution in [0.2, 0.25) is 0 Å². The molecule has 2 heterocycles. The summed E-state index contributed by atoms with van der Waals surface area (Å²) in [5.74, 6) is 4.04. The summed E-state index contributed by atoms with van der Waals surface area (Å²) >= 11 is 1.42. The maximum atomic E-state index is 5.84. The maximum absolute atomic E-state index is 5.84. The van der Waals surface area contributed by atoms with Crippen molar-refractivity contribution in [3.05, 3.63) is 30.2 Å². The molecule has 0 aliphatic carbocycles. The van der Waals surface area contributed by atoms with Crippen molar-refractivity contribution in [1.82, 2.24) is 20.2 Å². The number of hydrogen-bond donors (Lipinski definition) is 1. The van der Waals surface area contributed by atoms with E-state index >= 15 is 0 Å². The first-order chi connectivity index (χ1) is 15.6. The minimum Gasteiger partial charge on any atom is -0.494 e. The van der Waals surface area contributed by atoms with Crippen molar-refractivity contribution in [3.8, 4) is 40.2 Å². The third-order valence-corrected chi connectivity index (χ3v) is 5.56. The smallest absolute Gasteiger partial charge is 0.248 e. The molecular weight excluding hydrogens is 436 g/mol. The van der Waals surface area contributed by atoms with Crippen molar-refractivity contribution in [1.29, 1.82) is 0 Å². The second kappa shape index (κ2) is 9.27. The van der Waals surface area contributed by atoms with E-state index in [1.165, 1.54) is 11.8 Å². The molecule has 0 saturated carbocycles. The van der Waals surface area contributed by atoms with Gasteiger partial charge in [0.25, 0.3) is 0 Å². The van der Waals surface area contributed by atoms with Gasteiger partial charge in [0, 0.05) is 5.56 Å². The molecule has 0 spiro atoms. The number of hydrogen-bond acceptors (Lipinski definition) is 10. The zero-order valence-electron chi connectivity index (χ0n) is 18.2. The molecule has 32 heavy (non-hydrogen) atoms. The monoisotopic (exact) mass is 458 g/mol. The molecule has 2 aromatic carbocycles. The van der Waals surface area contributed by atoms with Crippen LogP contribution in [0, 0.1) is 0 Å². The van der Waals surface area contributed by atoms with E-state index in [4.69, 9.17) is 28.1 Å². The van der Waals surface area contributed by atoms with Gasteiger partial charge in [-0.05, 0) is 24.3 Å². The van der Waals surface area contributed by atoms with Crippen molar-refractivity contribution >= 4 is 22.8 Å². The van der Waals surface area contributed by atoms with Gasteiger partial charge < -0.3 is 33.1 Å². The van der Waals surface area contributed by atoms with Crippen LogP contribution in [0.3, 0.4) is 0 Å². The van der Waals surface area contributed by atoms with Crippen LogP contribution in [-0.4, -0.2) is 55.7 Å². The molecule has 0 saturated heterocycles. The van der Waals surface area contributed by atoms with Crippen LogP contribution in [-0.2, 0) is 5.75 Å². The number of aromatic nitrogens is 4. The first-order valence-electron chi connectivity index (χ1n) is 9.48. The van der Waals surface area contributed by atoms with Crippen LogP contribution in [0.4, 0.5) is 0 Å². The molecule has 2 aromatic heterocycles. The van der Waals surface area contributed by atoms with E-state index in [9.17, 15) is 0 Å². The summed E-state index contributed by atoms with van der Waals surface area (Å²) in [5.41, 5.74) is 2.11. The minimum atomic E-state index is 0.341. The molecule has 0 atom stereocenters. The van der Waals surface area contributed by atoms with Gasteiger partial charge in [0.1, 0.15) is 22.5 Å². The maximum Gasteiger partial charge on any atom is 0.248 e. The Morgan fingerprint density at radius 1 is 0.844 bits per heavy atom. The molecule has 10 nitrogen and oxygen atoms in total. The number of ether oxygens (including phenoxy) is 5. The fourth-order valence-electron chi connectivity index (χ4n) is 3.19. The van der Waals surface area contributed by atoms with Crippen LogP contribution < -0.4 is 23.7 Å². The fourth-order valence-corrected chi connectivity index (χ4v) is 3.90. The highest BCUT2D eigenvalue weighted by atomic mass is 32.2. The number of methoxy groups -OCH3 is 5. The lowest BCUT2D eigenvalue weighted by atomic mass is 10.2. The van der Waals surface area contributed by atoms with Gasteiger partial charge in [0.05, 0.1) is 41.3 Å². The molecule has 4 aromatic rings. The Morgan fingerprint density at radius 2 is 1.50 bits per heavy atom. The highest BCUT2D eigenvalue weighted by Crippen LogP contribution is 2.41. The van der Waals surface area contributed by atoms with Crippen LogP contribution in [0.5, 0.6) is 28.7 Å². The molecule has 0 radical (unpaired) electrons. The average molecular weight is 458 g/mol. The number of benzene rings is 2. The zero-order chi connectivity index (χ0) is 22.7. The second-order valence-corrected chi connectivity index (χ2v) is 7.40. The van der Waals surface area contributed by atoms with E-state index in [1.807, 2.05) is 12.1 Å². The van der Waals surface area contributed by atoms with E-state index in [1.54, 1.807) is 47.7 Å². The average Bonchev–Trinajstić information content (AvgIpc) is 3.48. The predicted octanol–water partition coefficient (Wildman–Crippen LogP) is 3.95. The number of imidazole rings is 1. The summed E-state index contributed by atoms with van der Waals surface area (Å²) < 4.78 is 32.8. The minimum absolute atomic E-state index is 0.341. The Labute approximate surface area is 188 Å². The molecule has 0 aliphatic heterocycles. The Bertz CT molecular complexity index is 1170. The summed E-state index contributed by atoms with van der Waals surface area (Å²) in [6, 6.07) is 7.15. The summed E-state index contributed by atoms with van der Waals surface area (Å²) in [5, 5.41) is 8.97. The number of fused-ring (bicyclic) bond motifs is 1. The highest BCUT2D eigenvalue weighted by molar-refractivity contribution is 7.98. The van der Waals surface area contributed by atoms with Crippen molar-refractivity contribution in [2.45, 2.75) is 10.9 Å². The molecule has 0 aliphatic rings. The third kappa shape index (κ3) is 3.98. The number of nitrogens with one attached hydrogen (secondary N) is 1. The summed E-state index contributed by atoms with van der Waals surface area (Å²) in [6.45, 7) is 0. The number of thioether (sulfide) groups is 1. The van der Waals surface area contributed by atoms with E-state index in [2.05, 4.69) is 20.2 Å². The summed E-state index contributed by atoms with van der Waals surface area (Å²) in [4.78, 5) is 7.85.